The van der Waals surface area contributed by atoms with Crippen molar-refractivity contribution >= 4 is 40.0 Å². The minimum atomic E-state index is -1.29. The molecular formula is C31H35ClFN5. The van der Waals surface area contributed by atoms with E-state index in [-0.39, 0.29) is 11.0 Å². The maximum Gasteiger partial charge on any atom is 0.180 e. The van der Waals surface area contributed by atoms with Gasteiger partial charge in [-0.2, -0.15) is 0 Å². The molecule has 0 bridgehead atoms. The van der Waals surface area contributed by atoms with Gasteiger partial charge in [0.05, 0.1) is 16.9 Å². The first kappa shape index (κ1) is 27.5. The molecule has 2 aromatic heterocycles. The van der Waals surface area contributed by atoms with E-state index in [1.54, 1.807) is 18.6 Å². The second-order valence-corrected chi connectivity index (χ2v) is 10.0. The smallest absolute Gasteiger partial charge is 0.180 e. The number of benzene rings is 1. The van der Waals surface area contributed by atoms with Crippen molar-refractivity contribution < 1.29 is 4.39 Å². The molecule has 0 saturated carbocycles. The molecule has 0 fully saturated rings. The van der Waals surface area contributed by atoms with Crippen LogP contribution in [0.1, 0.15) is 56.4 Å². The molecule has 5 nitrogen and oxygen atoms in total. The number of nitrogens with zero attached hydrogens (tertiary/aromatic N) is 4. The average molecular weight is 532 g/mol. The van der Waals surface area contributed by atoms with E-state index < -0.39 is 6.17 Å². The lowest BCUT2D eigenvalue weighted by Gasteiger charge is -2.27. The van der Waals surface area contributed by atoms with E-state index in [2.05, 4.69) is 65.6 Å². The zero-order valence-corrected chi connectivity index (χ0v) is 23.1. The van der Waals surface area contributed by atoms with Crippen molar-refractivity contribution in [2.24, 2.45) is 5.92 Å². The fraction of sp³-hybridized carbons (Fsp3) is 0.355. The number of anilines is 2. The molecule has 1 N–H and O–H groups in total. The van der Waals surface area contributed by atoms with Crippen LogP contribution >= 0.6 is 11.6 Å². The average Bonchev–Trinajstić information content (AvgIpc) is 3.34. The number of aromatic nitrogens is 3. The lowest BCUT2D eigenvalue weighted by Crippen LogP contribution is -2.23. The van der Waals surface area contributed by atoms with Crippen LogP contribution in [0, 0.1) is 25.2 Å². The molecule has 0 aliphatic heterocycles. The van der Waals surface area contributed by atoms with Crippen LogP contribution in [0.15, 0.2) is 60.6 Å². The second-order valence-electron chi connectivity index (χ2n) is 9.63. The predicted octanol–water partition coefficient (Wildman–Crippen LogP) is 7.76. The van der Waals surface area contributed by atoms with Gasteiger partial charge in [-0.3, -0.25) is 4.40 Å². The second kappa shape index (κ2) is 12.3. The van der Waals surface area contributed by atoms with Crippen LogP contribution in [-0.4, -0.2) is 38.5 Å². The molecule has 1 aliphatic rings. The lowest BCUT2D eigenvalue weighted by molar-refractivity contribution is 0.304. The van der Waals surface area contributed by atoms with Gasteiger partial charge < -0.3 is 10.2 Å². The monoisotopic (exact) mass is 531 g/mol. The van der Waals surface area contributed by atoms with Gasteiger partial charge in [0.2, 0.25) is 0 Å². The summed E-state index contributed by atoms with van der Waals surface area (Å²) in [6.07, 6.45) is 16.2. The third-order valence-electron chi connectivity index (χ3n) is 6.88. The molecule has 38 heavy (non-hydrogen) atoms. The normalized spacial score (nSPS) is 17.1. The number of allylic oxidation sites excluding steroid dienone is 4. The quantitative estimate of drug-likeness (QED) is 0.257. The van der Waals surface area contributed by atoms with Crippen LogP contribution in [-0.2, 0) is 0 Å². The van der Waals surface area contributed by atoms with E-state index in [0.29, 0.717) is 35.6 Å². The Labute approximate surface area is 230 Å². The third-order valence-corrected chi connectivity index (χ3v) is 7.29. The van der Waals surface area contributed by atoms with Crippen LogP contribution in [0.25, 0.3) is 16.9 Å². The molecule has 2 unspecified atom stereocenters. The molecule has 7 heteroatoms. The summed E-state index contributed by atoms with van der Waals surface area (Å²) in [5.41, 5.74) is 6.17. The number of nitrogens with one attached hydrogen (secondary N) is 1. The Hall–Kier alpha value is -3.56. The Morgan fingerprint density at radius 3 is 2.71 bits per heavy atom. The van der Waals surface area contributed by atoms with E-state index in [0.717, 1.165) is 48.4 Å². The molecule has 0 amide bonds. The predicted molar refractivity (Wildman–Crippen MR) is 157 cm³/mol. The van der Waals surface area contributed by atoms with Gasteiger partial charge in [0.1, 0.15) is 6.17 Å². The Morgan fingerprint density at radius 1 is 1.26 bits per heavy atom. The molecular weight excluding hydrogens is 497 g/mol. The van der Waals surface area contributed by atoms with Gasteiger partial charge in [-0.1, -0.05) is 50.2 Å². The number of imidazole rings is 1. The highest BCUT2D eigenvalue weighted by molar-refractivity contribution is 6.34. The molecule has 0 spiro atoms. The maximum atomic E-state index is 15.1. The number of aryl methyl sites for hydroxylation is 1. The Morgan fingerprint density at radius 2 is 2.03 bits per heavy atom. The van der Waals surface area contributed by atoms with Crippen LogP contribution in [0.3, 0.4) is 0 Å². The van der Waals surface area contributed by atoms with Crippen LogP contribution in [0.5, 0.6) is 0 Å². The van der Waals surface area contributed by atoms with Crippen LogP contribution in [0.2, 0.25) is 0 Å². The zero-order valence-electron chi connectivity index (χ0n) is 22.3. The molecule has 0 radical (unpaired) electrons. The highest BCUT2D eigenvalue weighted by atomic mass is 35.5. The first-order chi connectivity index (χ1) is 18.4. The van der Waals surface area contributed by atoms with Gasteiger partial charge in [-0.25, -0.2) is 14.4 Å². The Kier molecular flexibility index (Phi) is 8.91. The van der Waals surface area contributed by atoms with E-state index in [9.17, 15) is 0 Å². The summed E-state index contributed by atoms with van der Waals surface area (Å²) < 4.78 is 16.9. The van der Waals surface area contributed by atoms with Crippen molar-refractivity contribution in [1.29, 1.82) is 0 Å². The highest BCUT2D eigenvalue weighted by Crippen LogP contribution is 2.37. The minimum absolute atomic E-state index is 0.175. The molecule has 2 atom stereocenters. The summed E-state index contributed by atoms with van der Waals surface area (Å²) in [6, 6.07) is 6.23. The molecule has 4 rings (SSSR count). The molecule has 1 aliphatic carbocycles. The zero-order chi connectivity index (χ0) is 27.2. The summed E-state index contributed by atoms with van der Waals surface area (Å²) >= 11 is 6.51. The molecule has 2 heterocycles. The number of hydrogen-bond donors (Lipinski definition) is 1. The van der Waals surface area contributed by atoms with Crippen molar-refractivity contribution in [2.75, 3.05) is 18.4 Å². The summed E-state index contributed by atoms with van der Waals surface area (Å²) in [5.74, 6) is 2.85. The van der Waals surface area contributed by atoms with Crippen molar-refractivity contribution in [1.82, 2.24) is 19.3 Å². The van der Waals surface area contributed by atoms with Crippen molar-refractivity contribution in [2.45, 2.75) is 52.6 Å². The number of fused-ring (bicyclic) bond motifs is 1. The standard InChI is InChI=1S/C31H35ClFN5/c1-6-9-10-23-11-13-26(28(32)29(23)33)27-20-35-31-30(34-15-18-38(27)31)36-24-12-14-25(21(4)19-24)22(5)37(16-7-2)17-8-3/h1,11-15,18-20,23,29H,5,7-10,16-17H2,2-4H3,(H,34,36). The van der Waals surface area contributed by atoms with Crippen molar-refractivity contribution in [3.05, 3.63) is 77.4 Å². The number of rotatable bonds is 11. The topological polar surface area (TPSA) is 45.5 Å². The fourth-order valence-corrected chi connectivity index (χ4v) is 5.26. The Bertz CT molecular complexity index is 1410. The molecule has 0 saturated heterocycles. The summed E-state index contributed by atoms with van der Waals surface area (Å²) in [6.45, 7) is 12.8. The van der Waals surface area contributed by atoms with Gasteiger partial charge in [0.25, 0.3) is 0 Å². The SMILES string of the molecule is C#CCCC1C=CC(c2cnc3c(Nc4ccc(C(=C)N(CCC)CCC)c(C)c4)nccn23)=C(Cl)C1F. The minimum Gasteiger partial charge on any atom is -0.372 e. The van der Waals surface area contributed by atoms with Gasteiger partial charge in [-0.15, -0.1) is 12.3 Å². The Balaban J connectivity index is 1.59. The fourth-order valence-electron chi connectivity index (χ4n) is 4.93. The van der Waals surface area contributed by atoms with Crippen molar-refractivity contribution in [3.63, 3.8) is 0 Å². The van der Waals surface area contributed by atoms with E-state index in [1.807, 2.05) is 22.6 Å². The van der Waals surface area contributed by atoms with Crippen molar-refractivity contribution in [3.8, 4) is 12.3 Å². The van der Waals surface area contributed by atoms with Crippen LogP contribution in [0.4, 0.5) is 15.9 Å². The summed E-state index contributed by atoms with van der Waals surface area (Å²) in [5, 5.41) is 3.58. The number of alkyl halides is 1. The number of halogens is 2. The molecule has 1 aromatic carbocycles. The summed E-state index contributed by atoms with van der Waals surface area (Å²) in [7, 11) is 0. The van der Waals surface area contributed by atoms with E-state index in [1.165, 1.54) is 0 Å². The molecule has 198 valence electrons. The van der Waals surface area contributed by atoms with E-state index >= 15 is 4.39 Å². The number of terminal acetylenes is 1. The summed E-state index contributed by atoms with van der Waals surface area (Å²) in [4.78, 5) is 11.5. The van der Waals surface area contributed by atoms with Gasteiger partial charge >= 0.3 is 0 Å². The van der Waals surface area contributed by atoms with Gasteiger partial charge in [-0.05, 0) is 43.9 Å². The lowest BCUT2D eigenvalue weighted by atomic mass is 9.90. The molecule has 3 aromatic rings. The van der Waals surface area contributed by atoms with E-state index in [4.69, 9.17) is 18.0 Å². The van der Waals surface area contributed by atoms with Gasteiger partial charge in [0.15, 0.2) is 11.5 Å². The largest absolute Gasteiger partial charge is 0.372 e. The van der Waals surface area contributed by atoms with Gasteiger partial charge in [0, 0.05) is 60.3 Å². The highest BCUT2D eigenvalue weighted by Gasteiger charge is 2.28. The maximum absolute atomic E-state index is 15.1. The number of hydrogen-bond acceptors (Lipinski definition) is 4. The first-order valence-electron chi connectivity index (χ1n) is 13.2. The third kappa shape index (κ3) is 5.63. The van der Waals surface area contributed by atoms with Crippen LogP contribution < -0.4 is 5.32 Å². The first-order valence-corrected chi connectivity index (χ1v) is 13.6.